The number of nitrogens with two attached hydrogens (primary N) is 1. The summed E-state index contributed by atoms with van der Waals surface area (Å²) < 4.78 is 0. The number of aromatic nitrogens is 1. The zero-order valence-corrected chi connectivity index (χ0v) is 12.1. The number of nitrogens with one attached hydrogen (secondary N) is 2. The standard InChI is InChI=1S/C16H18N4O/c1-10(2)19-14-8-12(15(17)21)9-18-16(14)20-13-7-5-4-6-11(13)3/h4-9,19H,1H2,2-3H3,(H2,17,21)(H,18,20). The monoisotopic (exact) mass is 282 g/mol. The minimum atomic E-state index is -0.519. The predicted molar refractivity (Wildman–Crippen MR) is 85.7 cm³/mol. The van der Waals surface area contributed by atoms with E-state index in [9.17, 15) is 4.79 Å². The predicted octanol–water partition coefficient (Wildman–Crippen LogP) is 3.18. The fourth-order valence-corrected chi connectivity index (χ4v) is 1.87. The van der Waals surface area contributed by atoms with Crippen molar-refractivity contribution in [2.24, 2.45) is 5.73 Å². The van der Waals surface area contributed by atoms with Gasteiger partial charge in [0.15, 0.2) is 5.82 Å². The summed E-state index contributed by atoms with van der Waals surface area (Å²) in [5, 5.41) is 6.33. The number of carbonyl (C=O) groups excluding carboxylic acids is 1. The van der Waals surface area contributed by atoms with Crippen molar-refractivity contribution < 1.29 is 4.79 Å². The molecule has 1 amide bonds. The number of amides is 1. The van der Waals surface area contributed by atoms with Gasteiger partial charge in [-0.15, -0.1) is 0 Å². The Bertz CT molecular complexity index is 694. The molecule has 0 saturated carbocycles. The van der Waals surface area contributed by atoms with Crippen LogP contribution < -0.4 is 16.4 Å². The highest BCUT2D eigenvalue weighted by Gasteiger charge is 2.10. The maximum atomic E-state index is 11.3. The molecular weight excluding hydrogens is 264 g/mol. The first-order valence-corrected chi connectivity index (χ1v) is 6.52. The third kappa shape index (κ3) is 3.60. The number of benzene rings is 1. The van der Waals surface area contributed by atoms with Crippen molar-refractivity contribution in [3.05, 3.63) is 59.9 Å². The van der Waals surface area contributed by atoms with Crippen LogP contribution in [-0.4, -0.2) is 10.9 Å². The molecule has 5 nitrogen and oxygen atoms in total. The molecule has 4 N–H and O–H groups in total. The van der Waals surface area contributed by atoms with E-state index in [0.717, 1.165) is 16.9 Å². The number of allylic oxidation sites excluding steroid dienone is 1. The van der Waals surface area contributed by atoms with Gasteiger partial charge in [0.2, 0.25) is 5.91 Å². The third-order valence-corrected chi connectivity index (χ3v) is 2.92. The summed E-state index contributed by atoms with van der Waals surface area (Å²) in [4.78, 5) is 15.5. The van der Waals surface area contributed by atoms with Crippen LogP contribution in [0.15, 0.2) is 48.8 Å². The molecule has 1 heterocycles. The molecule has 1 aromatic carbocycles. The summed E-state index contributed by atoms with van der Waals surface area (Å²) in [5.74, 6) is 0.0898. The first kappa shape index (κ1) is 14.6. The molecule has 0 radical (unpaired) electrons. The number of carbonyl (C=O) groups is 1. The summed E-state index contributed by atoms with van der Waals surface area (Å²) >= 11 is 0. The summed E-state index contributed by atoms with van der Waals surface area (Å²) in [6.45, 7) is 7.64. The van der Waals surface area contributed by atoms with Crippen molar-refractivity contribution in [2.45, 2.75) is 13.8 Å². The van der Waals surface area contributed by atoms with Crippen LogP contribution in [0.3, 0.4) is 0 Å². The smallest absolute Gasteiger partial charge is 0.250 e. The normalized spacial score (nSPS) is 10.0. The van der Waals surface area contributed by atoms with Crippen molar-refractivity contribution in [3.63, 3.8) is 0 Å². The van der Waals surface area contributed by atoms with Crippen LogP contribution in [-0.2, 0) is 0 Å². The first-order chi connectivity index (χ1) is 9.97. The van der Waals surface area contributed by atoms with Gasteiger partial charge in [0.05, 0.1) is 11.3 Å². The Hall–Kier alpha value is -2.82. The number of primary amides is 1. The van der Waals surface area contributed by atoms with Gasteiger partial charge in [-0.25, -0.2) is 4.98 Å². The minimum absolute atomic E-state index is 0.342. The van der Waals surface area contributed by atoms with E-state index in [2.05, 4.69) is 22.2 Å². The maximum absolute atomic E-state index is 11.3. The number of hydrogen-bond donors (Lipinski definition) is 3. The van der Waals surface area contributed by atoms with Gasteiger partial charge >= 0.3 is 0 Å². The lowest BCUT2D eigenvalue weighted by atomic mass is 10.2. The molecule has 0 saturated heterocycles. The Morgan fingerprint density at radius 1 is 1.29 bits per heavy atom. The minimum Gasteiger partial charge on any atom is -0.366 e. The first-order valence-electron chi connectivity index (χ1n) is 6.52. The van der Waals surface area contributed by atoms with Crippen molar-refractivity contribution in [1.29, 1.82) is 0 Å². The molecule has 2 rings (SSSR count). The SMILES string of the molecule is C=C(C)Nc1cc(C(N)=O)cnc1Nc1ccccc1C. The van der Waals surface area contributed by atoms with E-state index in [1.807, 2.05) is 38.1 Å². The third-order valence-electron chi connectivity index (χ3n) is 2.92. The Labute approximate surface area is 123 Å². The Morgan fingerprint density at radius 3 is 2.62 bits per heavy atom. The Balaban J connectivity index is 2.40. The number of aryl methyl sites for hydroxylation is 1. The lowest BCUT2D eigenvalue weighted by Crippen LogP contribution is -2.13. The molecule has 0 aliphatic rings. The molecule has 0 fully saturated rings. The fourth-order valence-electron chi connectivity index (χ4n) is 1.87. The zero-order valence-electron chi connectivity index (χ0n) is 12.1. The Morgan fingerprint density at radius 2 is 2.00 bits per heavy atom. The molecule has 1 aromatic heterocycles. The van der Waals surface area contributed by atoms with Crippen molar-refractivity contribution in [1.82, 2.24) is 4.98 Å². The molecule has 0 spiro atoms. The van der Waals surface area contributed by atoms with Crippen LogP contribution in [0.5, 0.6) is 0 Å². The van der Waals surface area contributed by atoms with Gasteiger partial charge < -0.3 is 16.4 Å². The molecule has 0 aliphatic carbocycles. The van der Waals surface area contributed by atoms with E-state index < -0.39 is 5.91 Å². The summed E-state index contributed by atoms with van der Waals surface area (Å²) in [6.07, 6.45) is 1.45. The largest absolute Gasteiger partial charge is 0.366 e. The fraction of sp³-hybridized carbons (Fsp3) is 0.125. The molecular formula is C16H18N4O. The number of rotatable bonds is 5. The van der Waals surface area contributed by atoms with Gasteiger partial charge in [0.25, 0.3) is 0 Å². The van der Waals surface area contributed by atoms with Crippen LogP contribution in [0.25, 0.3) is 0 Å². The number of pyridine rings is 1. The van der Waals surface area contributed by atoms with Crippen LogP contribution in [0.2, 0.25) is 0 Å². The maximum Gasteiger partial charge on any atom is 0.250 e. The van der Waals surface area contributed by atoms with Crippen LogP contribution in [0.4, 0.5) is 17.2 Å². The molecule has 2 aromatic rings. The van der Waals surface area contributed by atoms with Gasteiger partial charge in [-0.3, -0.25) is 4.79 Å². The van der Waals surface area contributed by atoms with Crippen LogP contribution >= 0.6 is 0 Å². The van der Waals surface area contributed by atoms with E-state index in [1.54, 1.807) is 6.07 Å². The topological polar surface area (TPSA) is 80.0 Å². The molecule has 0 atom stereocenters. The van der Waals surface area contributed by atoms with Gasteiger partial charge in [0, 0.05) is 17.6 Å². The van der Waals surface area contributed by atoms with Crippen molar-refractivity contribution in [3.8, 4) is 0 Å². The average molecular weight is 282 g/mol. The van der Waals surface area contributed by atoms with E-state index in [4.69, 9.17) is 5.73 Å². The van der Waals surface area contributed by atoms with Crippen LogP contribution in [0, 0.1) is 6.92 Å². The average Bonchev–Trinajstić information content (AvgIpc) is 2.42. The quantitative estimate of drug-likeness (QED) is 0.787. The molecule has 0 unspecified atom stereocenters. The second-order valence-electron chi connectivity index (χ2n) is 4.83. The zero-order chi connectivity index (χ0) is 15.4. The van der Waals surface area contributed by atoms with Crippen molar-refractivity contribution >= 4 is 23.1 Å². The van der Waals surface area contributed by atoms with Gasteiger partial charge in [0.1, 0.15) is 0 Å². The highest BCUT2D eigenvalue weighted by molar-refractivity contribution is 5.94. The van der Waals surface area contributed by atoms with E-state index in [0.29, 0.717) is 17.1 Å². The molecule has 21 heavy (non-hydrogen) atoms. The Kier molecular flexibility index (Phi) is 4.23. The molecule has 108 valence electrons. The highest BCUT2D eigenvalue weighted by Crippen LogP contribution is 2.26. The van der Waals surface area contributed by atoms with Gasteiger partial charge in [-0.2, -0.15) is 0 Å². The summed E-state index contributed by atoms with van der Waals surface area (Å²) in [6, 6.07) is 9.54. The van der Waals surface area contributed by atoms with E-state index in [-0.39, 0.29) is 0 Å². The van der Waals surface area contributed by atoms with Crippen LogP contribution in [0.1, 0.15) is 22.8 Å². The van der Waals surface area contributed by atoms with Crippen molar-refractivity contribution in [2.75, 3.05) is 10.6 Å². The lowest BCUT2D eigenvalue weighted by molar-refractivity contribution is 0.1000. The van der Waals surface area contributed by atoms with Gasteiger partial charge in [-0.1, -0.05) is 24.8 Å². The molecule has 0 aliphatic heterocycles. The number of para-hydroxylation sites is 1. The lowest BCUT2D eigenvalue weighted by Gasteiger charge is -2.15. The van der Waals surface area contributed by atoms with Gasteiger partial charge in [-0.05, 0) is 31.5 Å². The second-order valence-corrected chi connectivity index (χ2v) is 4.83. The number of anilines is 3. The van der Waals surface area contributed by atoms with E-state index in [1.165, 1.54) is 6.20 Å². The number of nitrogens with zero attached hydrogens (tertiary/aromatic N) is 1. The molecule has 5 heteroatoms. The summed E-state index contributed by atoms with van der Waals surface area (Å²) in [7, 11) is 0. The second kappa shape index (κ2) is 6.09. The molecule has 0 bridgehead atoms. The number of hydrogen-bond acceptors (Lipinski definition) is 4. The summed E-state index contributed by atoms with van der Waals surface area (Å²) in [5.41, 5.74) is 9.07. The highest BCUT2D eigenvalue weighted by atomic mass is 16.1. The van der Waals surface area contributed by atoms with E-state index >= 15 is 0 Å².